The Balaban J connectivity index is 2.24. The van der Waals surface area contributed by atoms with Crippen molar-refractivity contribution in [3.8, 4) is 5.75 Å². The number of carbonyl (C=O) groups excluding carboxylic acids is 2. The van der Waals surface area contributed by atoms with Gasteiger partial charge in [-0.05, 0) is 56.7 Å². The second kappa shape index (κ2) is 7.69. The van der Waals surface area contributed by atoms with Crippen LogP contribution in [-0.4, -0.2) is 18.3 Å². The van der Waals surface area contributed by atoms with Crippen molar-refractivity contribution >= 4 is 40.6 Å². The number of ketones is 1. The quantitative estimate of drug-likeness (QED) is 0.744. The van der Waals surface area contributed by atoms with E-state index in [0.29, 0.717) is 29.2 Å². The molecule has 0 aliphatic heterocycles. The van der Waals surface area contributed by atoms with E-state index in [-0.39, 0.29) is 21.7 Å². The average Bonchev–Trinajstić information content (AvgIpc) is 2.50. The fourth-order valence-electron chi connectivity index (χ4n) is 2.31. The number of hydrogen-bond acceptors (Lipinski definition) is 3. The molecule has 1 amide bonds. The van der Waals surface area contributed by atoms with Gasteiger partial charge in [-0.2, -0.15) is 0 Å². The first kappa shape index (κ1) is 18.3. The van der Waals surface area contributed by atoms with Crippen LogP contribution in [0.4, 0.5) is 5.69 Å². The number of Topliss-reactive ketones (excluding diaryl/α,β-unsaturated/α-hetero) is 1. The van der Waals surface area contributed by atoms with Crippen LogP contribution >= 0.6 is 23.2 Å². The van der Waals surface area contributed by atoms with E-state index in [1.807, 2.05) is 13.8 Å². The van der Waals surface area contributed by atoms with Gasteiger partial charge >= 0.3 is 0 Å². The topological polar surface area (TPSA) is 55.4 Å². The number of ether oxygens (including phenoxy) is 1. The first-order valence-electron chi connectivity index (χ1n) is 7.38. The molecule has 0 unspecified atom stereocenters. The van der Waals surface area contributed by atoms with Crippen LogP contribution < -0.4 is 10.1 Å². The molecule has 0 radical (unpaired) electrons. The van der Waals surface area contributed by atoms with Crippen molar-refractivity contribution in [2.75, 3.05) is 11.9 Å². The lowest BCUT2D eigenvalue weighted by Crippen LogP contribution is -2.12. The van der Waals surface area contributed by atoms with Gasteiger partial charge in [-0.25, -0.2) is 0 Å². The molecule has 0 heterocycles. The number of nitrogens with one attached hydrogen (secondary N) is 1. The van der Waals surface area contributed by atoms with Crippen molar-refractivity contribution in [1.29, 1.82) is 0 Å². The molecular formula is C18H17Cl2NO3. The number of anilines is 1. The highest BCUT2D eigenvalue weighted by atomic mass is 35.5. The summed E-state index contributed by atoms with van der Waals surface area (Å²) >= 11 is 12.2. The molecule has 0 bridgehead atoms. The van der Waals surface area contributed by atoms with Gasteiger partial charge in [0, 0.05) is 16.8 Å². The first-order valence-corrected chi connectivity index (χ1v) is 8.13. The Kier molecular flexibility index (Phi) is 5.86. The summed E-state index contributed by atoms with van der Waals surface area (Å²) < 4.78 is 5.34. The molecule has 0 saturated carbocycles. The molecule has 0 fully saturated rings. The molecule has 0 saturated heterocycles. The molecule has 2 rings (SSSR count). The molecule has 0 atom stereocenters. The third-order valence-electron chi connectivity index (χ3n) is 3.41. The minimum Gasteiger partial charge on any atom is -0.491 e. The van der Waals surface area contributed by atoms with Gasteiger partial charge in [-0.1, -0.05) is 23.2 Å². The van der Waals surface area contributed by atoms with E-state index in [1.54, 1.807) is 18.2 Å². The Labute approximate surface area is 150 Å². The van der Waals surface area contributed by atoms with Crippen molar-refractivity contribution in [2.24, 2.45) is 0 Å². The maximum atomic E-state index is 12.4. The van der Waals surface area contributed by atoms with Crippen molar-refractivity contribution < 1.29 is 14.3 Å². The highest BCUT2D eigenvalue weighted by molar-refractivity contribution is 6.37. The minimum absolute atomic E-state index is 0.0181. The lowest BCUT2D eigenvalue weighted by molar-refractivity contribution is 0.101. The van der Waals surface area contributed by atoms with Gasteiger partial charge in [0.15, 0.2) is 11.5 Å². The molecule has 126 valence electrons. The maximum Gasteiger partial charge on any atom is 0.255 e. The standard InChI is InChI=1S/C18H17Cl2NO3/c1-4-24-17-15(19)8-12(9-16(17)20)18(23)21-13-5-6-14(11(3)22)10(2)7-13/h5-9H,4H2,1-3H3,(H,21,23). The van der Waals surface area contributed by atoms with Crippen molar-refractivity contribution in [1.82, 2.24) is 0 Å². The molecule has 24 heavy (non-hydrogen) atoms. The number of carbonyl (C=O) groups is 2. The molecule has 0 spiro atoms. The summed E-state index contributed by atoms with van der Waals surface area (Å²) in [6.07, 6.45) is 0. The molecule has 2 aromatic carbocycles. The van der Waals surface area contributed by atoms with Gasteiger partial charge in [0.25, 0.3) is 5.91 Å². The van der Waals surface area contributed by atoms with Gasteiger partial charge in [0.2, 0.25) is 0 Å². The van der Waals surface area contributed by atoms with Crippen LogP contribution in [0.1, 0.15) is 40.1 Å². The van der Waals surface area contributed by atoms with E-state index >= 15 is 0 Å². The predicted molar refractivity (Wildman–Crippen MR) is 96.8 cm³/mol. The molecule has 6 heteroatoms. The van der Waals surface area contributed by atoms with Crippen LogP contribution in [0.2, 0.25) is 10.0 Å². The van der Waals surface area contributed by atoms with Crippen LogP contribution in [0.15, 0.2) is 30.3 Å². The largest absolute Gasteiger partial charge is 0.491 e. The molecule has 0 aromatic heterocycles. The highest BCUT2D eigenvalue weighted by Crippen LogP contribution is 2.34. The van der Waals surface area contributed by atoms with E-state index in [9.17, 15) is 9.59 Å². The van der Waals surface area contributed by atoms with E-state index in [4.69, 9.17) is 27.9 Å². The zero-order valence-corrected chi connectivity index (χ0v) is 15.1. The van der Waals surface area contributed by atoms with E-state index < -0.39 is 0 Å². The van der Waals surface area contributed by atoms with Gasteiger partial charge < -0.3 is 10.1 Å². The number of halogens is 2. The predicted octanol–water partition coefficient (Wildman–Crippen LogP) is 5.16. The van der Waals surface area contributed by atoms with Crippen LogP contribution in [-0.2, 0) is 0 Å². The average molecular weight is 366 g/mol. The van der Waals surface area contributed by atoms with Crippen LogP contribution in [0.3, 0.4) is 0 Å². The second-order valence-corrected chi connectivity index (χ2v) is 6.06. The van der Waals surface area contributed by atoms with Crippen molar-refractivity contribution in [2.45, 2.75) is 20.8 Å². The van der Waals surface area contributed by atoms with Crippen LogP contribution in [0, 0.1) is 6.92 Å². The fraction of sp³-hybridized carbons (Fsp3) is 0.222. The highest BCUT2D eigenvalue weighted by Gasteiger charge is 2.14. The summed E-state index contributed by atoms with van der Waals surface area (Å²) in [6.45, 7) is 5.56. The van der Waals surface area contributed by atoms with Crippen LogP contribution in [0.25, 0.3) is 0 Å². The van der Waals surface area contributed by atoms with Gasteiger partial charge in [-0.3, -0.25) is 9.59 Å². The molecular weight excluding hydrogens is 349 g/mol. The zero-order valence-electron chi connectivity index (χ0n) is 13.6. The van der Waals surface area contributed by atoms with Gasteiger partial charge in [-0.15, -0.1) is 0 Å². The molecule has 1 N–H and O–H groups in total. The maximum absolute atomic E-state index is 12.4. The second-order valence-electron chi connectivity index (χ2n) is 5.24. The lowest BCUT2D eigenvalue weighted by atomic mass is 10.0. The van der Waals surface area contributed by atoms with E-state index in [0.717, 1.165) is 5.56 Å². The lowest BCUT2D eigenvalue weighted by Gasteiger charge is -2.11. The Morgan fingerprint density at radius 3 is 2.25 bits per heavy atom. The molecule has 4 nitrogen and oxygen atoms in total. The Bertz CT molecular complexity index is 780. The molecule has 2 aromatic rings. The molecule has 0 aliphatic carbocycles. The zero-order chi connectivity index (χ0) is 17.9. The third-order valence-corrected chi connectivity index (χ3v) is 3.97. The Morgan fingerprint density at radius 2 is 1.75 bits per heavy atom. The summed E-state index contributed by atoms with van der Waals surface area (Å²) in [6, 6.07) is 8.12. The van der Waals surface area contributed by atoms with E-state index in [2.05, 4.69) is 5.32 Å². The van der Waals surface area contributed by atoms with Gasteiger partial charge in [0.05, 0.1) is 16.7 Å². The number of aryl methyl sites for hydroxylation is 1. The minimum atomic E-state index is -0.350. The normalized spacial score (nSPS) is 10.4. The summed E-state index contributed by atoms with van der Waals surface area (Å²) in [7, 11) is 0. The van der Waals surface area contributed by atoms with Crippen molar-refractivity contribution in [3.05, 3.63) is 57.1 Å². The monoisotopic (exact) mass is 365 g/mol. The van der Waals surface area contributed by atoms with Crippen LogP contribution in [0.5, 0.6) is 5.75 Å². The smallest absolute Gasteiger partial charge is 0.255 e. The number of hydrogen-bond donors (Lipinski definition) is 1. The first-order chi connectivity index (χ1) is 11.3. The Morgan fingerprint density at radius 1 is 1.12 bits per heavy atom. The number of benzene rings is 2. The summed E-state index contributed by atoms with van der Waals surface area (Å²) in [5, 5.41) is 3.31. The van der Waals surface area contributed by atoms with Crippen molar-refractivity contribution in [3.63, 3.8) is 0 Å². The summed E-state index contributed by atoms with van der Waals surface area (Å²) in [4.78, 5) is 23.8. The van der Waals surface area contributed by atoms with Gasteiger partial charge in [0.1, 0.15) is 0 Å². The third kappa shape index (κ3) is 4.08. The summed E-state index contributed by atoms with van der Waals surface area (Å²) in [5.74, 6) is -0.00804. The number of rotatable bonds is 5. The fourth-order valence-corrected chi connectivity index (χ4v) is 2.91. The van der Waals surface area contributed by atoms with E-state index in [1.165, 1.54) is 19.1 Å². The SMILES string of the molecule is CCOc1c(Cl)cc(C(=O)Nc2ccc(C(C)=O)c(C)c2)cc1Cl. The molecule has 0 aliphatic rings. The Hall–Kier alpha value is -2.04. The number of amides is 1. The summed E-state index contributed by atoms with van der Waals surface area (Å²) in [5.41, 5.74) is 2.33.